The van der Waals surface area contributed by atoms with Gasteiger partial charge in [0, 0.05) is 24.6 Å². The average molecular weight is 378 g/mol. The van der Waals surface area contributed by atoms with Crippen LogP contribution >= 0.6 is 0 Å². The molecule has 2 aromatic heterocycles. The maximum atomic E-state index is 12.9. The lowest BCUT2D eigenvalue weighted by Gasteiger charge is -2.31. The van der Waals surface area contributed by atoms with Gasteiger partial charge in [0.1, 0.15) is 5.76 Å². The highest BCUT2D eigenvalue weighted by Crippen LogP contribution is 2.27. The first kappa shape index (κ1) is 18.1. The number of nitrogens with zero attached hydrogens (tertiary/aromatic N) is 1. The molecule has 28 heavy (non-hydrogen) atoms. The van der Waals surface area contributed by atoms with Crippen molar-refractivity contribution < 1.29 is 18.4 Å². The fourth-order valence-corrected chi connectivity index (χ4v) is 3.54. The Morgan fingerprint density at radius 2 is 1.75 bits per heavy atom. The standard InChI is InChI=1S/C22H22N2O4/c25-21(23-15-18-7-4-13-27-18)17-8-11-24(12-9-17)22(26)20-19(10-14-28-20)16-5-2-1-3-6-16/h1-7,10,13-14,17H,8-9,11-12,15H2,(H,23,25). The van der Waals surface area contributed by atoms with Crippen LogP contribution in [0.4, 0.5) is 0 Å². The zero-order chi connectivity index (χ0) is 19.3. The Balaban J connectivity index is 1.35. The van der Waals surface area contributed by atoms with E-state index in [4.69, 9.17) is 8.83 Å². The van der Waals surface area contributed by atoms with Crippen molar-refractivity contribution in [3.8, 4) is 11.1 Å². The third-order valence-corrected chi connectivity index (χ3v) is 5.11. The second-order valence-electron chi connectivity index (χ2n) is 6.89. The summed E-state index contributed by atoms with van der Waals surface area (Å²) in [6.45, 7) is 1.46. The molecule has 0 bridgehead atoms. The van der Waals surface area contributed by atoms with Gasteiger partial charge in [-0.25, -0.2) is 0 Å². The van der Waals surface area contributed by atoms with E-state index in [1.807, 2.05) is 42.5 Å². The Hall–Kier alpha value is -3.28. The van der Waals surface area contributed by atoms with E-state index in [0.717, 1.165) is 16.9 Å². The van der Waals surface area contributed by atoms with Crippen LogP contribution in [0.5, 0.6) is 0 Å². The van der Waals surface area contributed by atoms with Crippen LogP contribution in [0, 0.1) is 5.92 Å². The maximum absolute atomic E-state index is 12.9. The molecule has 0 atom stereocenters. The van der Waals surface area contributed by atoms with Crippen LogP contribution in [0.15, 0.2) is 69.9 Å². The lowest BCUT2D eigenvalue weighted by atomic mass is 9.95. The highest BCUT2D eigenvalue weighted by atomic mass is 16.3. The Morgan fingerprint density at radius 1 is 0.964 bits per heavy atom. The molecule has 1 aliphatic rings. The lowest BCUT2D eigenvalue weighted by molar-refractivity contribution is -0.126. The van der Waals surface area contributed by atoms with E-state index < -0.39 is 0 Å². The summed E-state index contributed by atoms with van der Waals surface area (Å²) in [6, 6.07) is 15.2. The molecule has 0 aliphatic carbocycles. The van der Waals surface area contributed by atoms with Gasteiger partial charge < -0.3 is 19.1 Å². The van der Waals surface area contributed by atoms with Gasteiger partial charge in [-0.05, 0) is 36.6 Å². The summed E-state index contributed by atoms with van der Waals surface area (Å²) in [7, 11) is 0. The molecule has 4 rings (SSSR count). The number of carbonyl (C=O) groups is 2. The molecule has 1 N–H and O–H groups in total. The van der Waals surface area contributed by atoms with Crippen molar-refractivity contribution in [2.45, 2.75) is 19.4 Å². The van der Waals surface area contributed by atoms with Crippen LogP contribution in [0.3, 0.4) is 0 Å². The van der Waals surface area contributed by atoms with Crippen LogP contribution in [0.1, 0.15) is 29.2 Å². The normalized spacial score (nSPS) is 14.8. The van der Waals surface area contributed by atoms with Crippen molar-refractivity contribution in [3.05, 3.63) is 72.6 Å². The van der Waals surface area contributed by atoms with E-state index in [1.54, 1.807) is 23.5 Å². The molecule has 1 saturated heterocycles. The molecule has 0 radical (unpaired) electrons. The predicted octanol–water partition coefficient (Wildman–Crippen LogP) is 3.71. The highest BCUT2D eigenvalue weighted by Gasteiger charge is 2.30. The van der Waals surface area contributed by atoms with Crippen molar-refractivity contribution in [2.75, 3.05) is 13.1 Å². The first-order valence-electron chi connectivity index (χ1n) is 9.44. The number of hydrogen-bond donors (Lipinski definition) is 1. The summed E-state index contributed by atoms with van der Waals surface area (Å²) in [5.74, 6) is 0.869. The number of carbonyl (C=O) groups excluding carboxylic acids is 2. The molecule has 0 saturated carbocycles. The van der Waals surface area contributed by atoms with Gasteiger partial charge in [-0.2, -0.15) is 0 Å². The Kier molecular flexibility index (Phi) is 5.28. The Labute approximate surface area is 163 Å². The van der Waals surface area contributed by atoms with Crippen LogP contribution in [-0.2, 0) is 11.3 Å². The molecule has 0 unspecified atom stereocenters. The van der Waals surface area contributed by atoms with Gasteiger partial charge >= 0.3 is 0 Å². The summed E-state index contributed by atoms with van der Waals surface area (Å²) >= 11 is 0. The topological polar surface area (TPSA) is 75.7 Å². The molecule has 1 aromatic carbocycles. The Morgan fingerprint density at radius 3 is 2.46 bits per heavy atom. The first-order chi connectivity index (χ1) is 13.7. The minimum absolute atomic E-state index is 0.00599. The monoisotopic (exact) mass is 378 g/mol. The number of piperidine rings is 1. The molecule has 1 fully saturated rings. The van der Waals surface area contributed by atoms with Crippen LogP contribution in [0.2, 0.25) is 0 Å². The van der Waals surface area contributed by atoms with Gasteiger partial charge in [-0.3, -0.25) is 9.59 Å². The summed E-state index contributed by atoms with van der Waals surface area (Å²) in [5, 5.41) is 2.90. The van der Waals surface area contributed by atoms with Gasteiger partial charge in [-0.1, -0.05) is 30.3 Å². The smallest absolute Gasteiger partial charge is 0.290 e. The van der Waals surface area contributed by atoms with E-state index in [-0.39, 0.29) is 17.7 Å². The summed E-state index contributed by atoms with van der Waals surface area (Å²) in [4.78, 5) is 27.1. The third kappa shape index (κ3) is 3.86. The molecule has 1 aliphatic heterocycles. The first-order valence-corrected chi connectivity index (χ1v) is 9.44. The second kappa shape index (κ2) is 8.17. The van der Waals surface area contributed by atoms with Crippen molar-refractivity contribution in [1.82, 2.24) is 10.2 Å². The average Bonchev–Trinajstić information content (AvgIpc) is 3.44. The quantitative estimate of drug-likeness (QED) is 0.734. The lowest BCUT2D eigenvalue weighted by Crippen LogP contribution is -2.42. The van der Waals surface area contributed by atoms with Crippen molar-refractivity contribution in [3.63, 3.8) is 0 Å². The highest BCUT2D eigenvalue weighted by molar-refractivity contribution is 5.98. The van der Waals surface area contributed by atoms with Gasteiger partial charge in [0.05, 0.1) is 19.1 Å². The third-order valence-electron chi connectivity index (χ3n) is 5.11. The molecule has 2 amide bonds. The number of rotatable bonds is 5. The number of hydrogen-bond acceptors (Lipinski definition) is 4. The number of furan rings is 2. The fraction of sp³-hybridized carbons (Fsp3) is 0.273. The molecule has 144 valence electrons. The second-order valence-corrected chi connectivity index (χ2v) is 6.89. The fourth-order valence-electron chi connectivity index (χ4n) is 3.54. The van der Waals surface area contributed by atoms with E-state index in [2.05, 4.69) is 5.32 Å². The summed E-state index contributed by atoms with van der Waals surface area (Å²) in [6.07, 6.45) is 4.41. The van der Waals surface area contributed by atoms with Gasteiger partial charge in [0.25, 0.3) is 5.91 Å². The van der Waals surface area contributed by atoms with Crippen molar-refractivity contribution in [2.24, 2.45) is 5.92 Å². The van der Waals surface area contributed by atoms with Crippen molar-refractivity contribution >= 4 is 11.8 Å². The predicted molar refractivity (Wildman–Crippen MR) is 103 cm³/mol. The molecule has 3 aromatic rings. The van der Waals surface area contributed by atoms with Gasteiger partial charge in [0.15, 0.2) is 5.76 Å². The molecular weight excluding hydrogens is 356 g/mol. The van der Waals surface area contributed by atoms with Gasteiger partial charge in [0.2, 0.25) is 5.91 Å². The van der Waals surface area contributed by atoms with Gasteiger partial charge in [-0.15, -0.1) is 0 Å². The maximum Gasteiger partial charge on any atom is 0.290 e. The number of amides is 2. The Bertz CT molecular complexity index is 923. The molecule has 0 spiro atoms. The largest absolute Gasteiger partial charge is 0.467 e. The van der Waals surface area contributed by atoms with Crippen LogP contribution in [0.25, 0.3) is 11.1 Å². The van der Waals surface area contributed by atoms with E-state index in [9.17, 15) is 9.59 Å². The van der Waals surface area contributed by atoms with Crippen molar-refractivity contribution in [1.29, 1.82) is 0 Å². The minimum Gasteiger partial charge on any atom is -0.467 e. The zero-order valence-electron chi connectivity index (χ0n) is 15.5. The zero-order valence-corrected chi connectivity index (χ0v) is 15.5. The van der Waals surface area contributed by atoms with Crippen LogP contribution < -0.4 is 5.32 Å². The number of benzene rings is 1. The molecule has 6 nitrogen and oxygen atoms in total. The molecule has 6 heteroatoms. The molecule has 3 heterocycles. The number of likely N-dealkylation sites (tertiary alicyclic amines) is 1. The SMILES string of the molecule is O=C(NCc1ccco1)C1CCN(C(=O)c2occc2-c2ccccc2)CC1. The van der Waals surface area contributed by atoms with E-state index >= 15 is 0 Å². The summed E-state index contributed by atoms with van der Waals surface area (Å²) in [5.41, 5.74) is 1.75. The van der Waals surface area contributed by atoms with Crippen LogP contribution in [-0.4, -0.2) is 29.8 Å². The van der Waals surface area contributed by atoms with E-state index in [0.29, 0.717) is 38.2 Å². The number of nitrogens with one attached hydrogen (secondary N) is 1. The summed E-state index contributed by atoms with van der Waals surface area (Å²) < 4.78 is 10.7. The molecular formula is C22H22N2O4. The van der Waals surface area contributed by atoms with E-state index in [1.165, 1.54) is 0 Å². The minimum atomic E-state index is -0.127.